The molecule has 0 saturated carbocycles. The van der Waals surface area contributed by atoms with Crippen LogP contribution in [0.2, 0.25) is 0 Å². The van der Waals surface area contributed by atoms with Crippen LogP contribution in [0.5, 0.6) is 0 Å². The van der Waals surface area contributed by atoms with Crippen molar-refractivity contribution in [1.29, 1.82) is 0 Å². The quantitative estimate of drug-likeness (QED) is 0.486. The van der Waals surface area contributed by atoms with Gasteiger partial charge in [0.15, 0.2) is 0 Å². The highest BCUT2D eigenvalue weighted by molar-refractivity contribution is 5.51. The van der Waals surface area contributed by atoms with Crippen LogP contribution < -0.4 is 9.80 Å². The molecule has 0 unspecified atom stereocenters. The Balaban J connectivity index is 1.60. The lowest BCUT2D eigenvalue weighted by Crippen LogP contribution is -2.52. The van der Waals surface area contributed by atoms with Gasteiger partial charge in [-0.1, -0.05) is 80.6 Å². The van der Waals surface area contributed by atoms with Gasteiger partial charge in [0.25, 0.3) is 0 Å². The van der Waals surface area contributed by atoms with Crippen molar-refractivity contribution in [2.75, 3.05) is 16.3 Å². The van der Waals surface area contributed by atoms with Gasteiger partial charge < -0.3 is 9.80 Å². The van der Waals surface area contributed by atoms with Crippen LogP contribution in [0.1, 0.15) is 32.3 Å². The fourth-order valence-corrected chi connectivity index (χ4v) is 4.66. The second kappa shape index (κ2) is 9.17. The standard InChI is InChI=1S/C27H32N2/c1-22(2)27-20-26(18-19-28(27)24-14-8-4-9-15-24)29(25-16-10-5-11-17-25)21-23-12-6-3-7-13-23/h3-17,22,26-27H,18-21H2,1-2H3/t26-,27+/m1/s1. The van der Waals surface area contributed by atoms with E-state index in [9.17, 15) is 0 Å². The van der Waals surface area contributed by atoms with E-state index in [4.69, 9.17) is 0 Å². The molecule has 29 heavy (non-hydrogen) atoms. The minimum Gasteiger partial charge on any atom is -0.368 e. The summed E-state index contributed by atoms with van der Waals surface area (Å²) in [5.74, 6) is 0.618. The van der Waals surface area contributed by atoms with Crippen molar-refractivity contribution in [3.8, 4) is 0 Å². The molecular weight excluding hydrogens is 352 g/mol. The average Bonchev–Trinajstić information content (AvgIpc) is 2.79. The third-order valence-electron chi connectivity index (χ3n) is 6.20. The molecule has 0 spiro atoms. The van der Waals surface area contributed by atoms with Crippen molar-refractivity contribution < 1.29 is 0 Å². The summed E-state index contributed by atoms with van der Waals surface area (Å²) in [7, 11) is 0. The van der Waals surface area contributed by atoms with Crippen molar-refractivity contribution >= 4 is 11.4 Å². The van der Waals surface area contributed by atoms with E-state index >= 15 is 0 Å². The molecule has 1 heterocycles. The van der Waals surface area contributed by atoms with Gasteiger partial charge in [-0.25, -0.2) is 0 Å². The first-order valence-corrected chi connectivity index (χ1v) is 10.9. The van der Waals surface area contributed by atoms with Crippen LogP contribution in [0.15, 0.2) is 91.0 Å². The highest BCUT2D eigenvalue weighted by atomic mass is 15.2. The van der Waals surface area contributed by atoms with E-state index in [0.717, 1.165) is 13.1 Å². The molecule has 2 heteroatoms. The molecule has 1 fully saturated rings. The highest BCUT2D eigenvalue weighted by Crippen LogP contribution is 2.33. The van der Waals surface area contributed by atoms with Crippen molar-refractivity contribution in [3.63, 3.8) is 0 Å². The average molecular weight is 385 g/mol. The first kappa shape index (κ1) is 19.6. The van der Waals surface area contributed by atoms with Gasteiger partial charge in [0.05, 0.1) is 0 Å². The minimum atomic E-state index is 0.546. The predicted octanol–water partition coefficient (Wildman–Crippen LogP) is 6.39. The minimum absolute atomic E-state index is 0.546. The van der Waals surface area contributed by atoms with Gasteiger partial charge in [-0.15, -0.1) is 0 Å². The zero-order valence-electron chi connectivity index (χ0n) is 17.6. The Morgan fingerprint density at radius 1 is 0.828 bits per heavy atom. The largest absolute Gasteiger partial charge is 0.368 e. The summed E-state index contributed by atoms with van der Waals surface area (Å²) in [5, 5.41) is 0. The molecule has 0 aliphatic carbocycles. The van der Waals surface area contributed by atoms with Crippen LogP contribution in [0, 0.1) is 5.92 Å². The molecule has 2 nitrogen and oxygen atoms in total. The Bertz CT molecular complexity index is 861. The molecule has 0 aromatic heterocycles. The maximum Gasteiger partial charge on any atom is 0.0432 e. The lowest BCUT2D eigenvalue weighted by atomic mass is 9.87. The zero-order valence-corrected chi connectivity index (χ0v) is 17.6. The van der Waals surface area contributed by atoms with Crippen LogP contribution in [-0.2, 0) is 6.54 Å². The number of piperidine rings is 1. The molecule has 0 bridgehead atoms. The van der Waals surface area contributed by atoms with Gasteiger partial charge in [-0.2, -0.15) is 0 Å². The Morgan fingerprint density at radius 3 is 2.03 bits per heavy atom. The summed E-state index contributed by atoms with van der Waals surface area (Å²) >= 11 is 0. The fourth-order valence-electron chi connectivity index (χ4n) is 4.66. The number of benzene rings is 3. The second-order valence-electron chi connectivity index (χ2n) is 8.47. The molecule has 3 aromatic carbocycles. The molecule has 150 valence electrons. The highest BCUT2D eigenvalue weighted by Gasteiger charge is 2.33. The van der Waals surface area contributed by atoms with Gasteiger partial charge in [-0.3, -0.25) is 0 Å². The van der Waals surface area contributed by atoms with Crippen LogP contribution in [0.25, 0.3) is 0 Å². The molecule has 2 atom stereocenters. The predicted molar refractivity (Wildman–Crippen MR) is 125 cm³/mol. The Hall–Kier alpha value is -2.74. The SMILES string of the molecule is CC(C)[C@@H]1C[C@H](N(Cc2ccccc2)c2ccccc2)CCN1c1ccccc1. The van der Waals surface area contributed by atoms with Crippen molar-refractivity contribution in [1.82, 2.24) is 0 Å². The van der Waals surface area contributed by atoms with Crippen molar-refractivity contribution in [2.24, 2.45) is 5.92 Å². The van der Waals surface area contributed by atoms with E-state index in [0.29, 0.717) is 18.0 Å². The number of para-hydroxylation sites is 2. The number of nitrogens with zero attached hydrogens (tertiary/aromatic N) is 2. The smallest absolute Gasteiger partial charge is 0.0432 e. The summed E-state index contributed by atoms with van der Waals surface area (Å²) in [5.41, 5.74) is 4.07. The summed E-state index contributed by atoms with van der Waals surface area (Å²) in [6.07, 6.45) is 2.37. The van der Waals surface area contributed by atoms with Gasteiger partial charge in [-0.05, 0) is 48.6 Å². The first-order chi connectivity index (χ1) is 14.2. The molecule has 1 aliphatic rings. The lowest BCUT2D eigenvalue weighted by Gasteiger charge is -2.47. The Kier molecular flexibility index (Phi) is 6.19. The fraction of sp³-hybridized carbons (Fsp3) is 0.333. The van der Waals surface area contributed by atoms with Crippen molar-refractivity contribution in [3.05, 3.63) is 96.6 Å². The Labute approximate surface area is 175 Å². The summed E-state index contributed by atoms with van der Waals surface area (Å²) < 4.78 is 0. The van der Waals surface area contributed by atoms with Crippen LogP contribution in [0.4, 0.5) is 11.4 Å². The number of hydrogen-bond donors (Lipinski definition) is 0. The lowest BCUT2D eigenvalue weighted by molar-refractivity contribution is 0.331. The topological polar surface area (TPSA) is 6.48 Å². The third kappa shape index (κ3) is 4.64. The number of anilines is 2. The molecule has 0 radical (unpaired) electrons. The molecule has 1 aliphatic heterocycles. The molecule has 4 rings (SSSR count). The van der Waals surface area contributed by atoms with E-state index in [1.54, 1.807) is 0 Å². The summed E-state index contributed by atoms with van der Waals surface area (Å²) in [4.78, 5) is 5.26. The van der Waals surface area contributed by atoms with E-state index in [1.807, 2.05) is 0 Å². The molecule has 0 N–H and O–H groups in total. The zero-order chi connectivity index (χ0) is 20.1. The summed E-state index contributed by atoms with van der Waals surface area (Å²) in [6.45, 7) is 6.81. The van der Waals surface area contributed by atoms with E-state index < -0.39 is 0 Å². The maximum absolute atomic E-state index is 2.63. The van der Waals surface area contributed by atoms with E-state index in [2.05, 4.69) is 115 Å². The van der Waals surface area contributed by atoms with Gasteiger partial charge in [0, 0.05) is 36.5 Å². The first-order valence-electron chi connectivity index (χ1n) is 10.9. The molecular formula is C27H32N2. The van der Waals surface area contributed by atoms with Gasteiger partial charge in [0.1, 0.15) is 0 Å². The third-order valence-corrected chi connectivity index (χ3v) is 6.20. The molecule has 0 amide bonds. The monoisotopic (exact) mass is 384 g/mol. The van der Waals surface area contributed by atoms with Crippen LogP contribution >= 0.6 is 0 Å². The van der Waals surface area contributed by atoms with Gasteiger partial charge in [0.2, 0.25) is 0 Å². The maximum atomic E-state index is 2.63. The normalized spacial score (nSPS) is 19.3. The van der Waals surface area contributed by atoms with Gasteiger partial charge >= 0.3 is 0 Å². The van der Waals surface area contributed by atoms with Crippen LogP contribution in [-0.4, -0.2) is 18.6 Å². The van der Waals surface area contributed by atoms with E-state index in [-0.39, 0.29) is 0 Å². The van der Waals surface area contributed by atoms with Crippen molar-refractivity contribution in [2.45, 2.75) is 45.3 Å². The number of hydrogen-bond acceptors (Lipinski definition) is 2. The summed E-state index contributed by atoms with van der Waals surface area (Å²) in [6, 6.07) is 33.9. The molecule has 1 saturated heterocycles. The van der Waals surface area contributed by atoms with Crippen LogP contribution in [0.3, 0.4) is 0 Å². The van der Waals surface area contributed by atoms with E-state index in [1.165, 1.54) is 29.8 Å². The molecule has 3 aromatic rings. The number of rotatable bonds is 6. The second-order valence-corrected chi connectivity index (χ2v) is 8.47. The Morgan fingerprint density at radius 2 is 1.41 bits per heavy atom.